The van der Waals surface area contributed by atoms with Crippen LogP contribution in [0.25, 0.3) is 0 Å². The molecule has 0 spiro atoms. The number of rotatable bonds is 4. The Balaban J connectivity index is 3.62. The molecule has 1 amide bonds. The monoisotopic (exact) mass is 332 g/mol. The van der Waals surface area contributed by atoms with Crippen molar-refractivity contribution in [1.82, 2.24) is 0 Å². The number of nitro groups is 1. The molecule has 2 radical (unpaired) electrons. The standard InChI is InChI=1S/C11H8F3N2O5.Al/c1-15(10(18)11(12,13)14)8-6(9(17)21-2)4-3-5-7(8)16(19)20;/h3-5H,1H2,2H3;. The Morgan fingerprint density at radius 1 is 1.41 bits per heavy atom. The Hall–Kier alpha value is -2.12. The van der Waals surface area contributed by atoms with Crippen LogP contribution >= 0.6 is 0 Å². The van der Waals surface area contributed by atoms with E-state index in [1.807, 2.05) is 16.3 Å². The Morgan fingerprint density at radius 3 is 2.41 bits per heavy atom. The van der Waals surface area contributed by atoms with Crippen LogP contribution in [0.15, 0.2) is 18.2 Å². The quantitative estimate of drug-likeness (QED) is 0.360. The number of para-hydroxylation sites is 1. The van der Waals surface area contributed by atoms with E-state index in [-0.39, 0.29) is 4.90 Å². The third kappa shape index (κ3) is 3.55. The minimum Gasteiger partial charge on any atom is -0.465 e. The van der Waals surface area contributed by atoms with Crippen LogP contribution in [0.2, 0.25) is 0 Å². The molecule has 7 nitrogen and oxygen atoms in total. The van der Waals surface area contributed by atoms with Gasteiger partial charge in [0.2, 0.25) is 0 Å². The molecule has 0 fully saturated rings. The van der Waals surface area contributed by atoms with Gasteiger partial charge < -0.3 is 9.64 Å². The van der Waals surface area contributed by atoms with Crippen molar-refractivity contribution in [2.75, 3.05) is 17.4 Å². The van der Waals surface area contributed by atoms with Gasteiger partial charge in [-0.3, -0.25) is 14.9 Å². The molecule has 0 aliphatic heterocycles. The van der Waals surface area contributed by atoms with E-state index in [1.165, 1.54) is 0 Å². The van der Waals surface area contributed by atoms with E-state index in [4.69, 9.17) is 0 Å². The number of anilines is 1. The van der Waals surface area contributed by atoms with Crippen LogP contribution in [-0.4, -0.2) is 51.8 Å². The van der Waals surface area contributed by atoms with Crippen LogP contribution in [0, 0.1) is 10.1 Å². The van der Waals surface area contributed by atoms with Crippen LogP contribution in [0.5, 0.6) is 0 Å². The van der Waals surface area contributed by atoms with E-state index in [2.05, 4.69) is 4.74 Å². The summed E-state index contributed by atoms with van der Waals surface area (Å²) < 4.78 is 42.3. The molecule has 11 heteroatoms. The van der Waals surface area contributed by atoms with Crippen molar-refractivity contribution < 1.29 is 32.4 Å². The molecule has 1 aromatic rings. The molecule has 0 N–H and O–H groups in total. The number of alkyl halides is 3. The summed E-state index contributed by atoms with van der Waals surface area (Å²) in [5.41, 5.74) is -2.10. The molecule has 1 rings (SSSR count). The zero-order valence-electron chi connectivity index (χ0n) is 11.1. The zero-order valence-corrected chi connectivity index (χ0v) is 12.2. The summed E-state index contributed by atoms with van der Waals surface area (Å²) in [6.45, 7) is 0. The maximum absolute atomic E-state index is 12.6. The average molecular weight is 332 g/mol. The topological polar surface area (TPSA) is 89.8 Å². The lowest BCUT2D eigenvalue weighted by Crippen LogP contribution is -2.43. The van der Waals surface area contributed by atoms with Gasteiger partial charge in [-0.05, 0) is 11.5 Å². The number of carbonyl (C=O) groups excluding carboxylic acids is 2. The molecule has 0 heterocycles. The molecule has 116 valence electrons. The van der Waals surface area contributed by atoms with Crippen LogP contribution < -0.4 is 4.90 Å². The molecule has 0 aromatic heterocycles. The molecule has 0 bridgehead atoms. The Kier molecular flexibility index (Phi) is 5.51. The first-order chi connectivity index (χ1) is 10.1. The third-order valence-electron chi connectivity index (χ3n) is 2.56. The van der Waals surface area contributed by atoms with Crippen molar-refractivity contribution in [2.45, 2.75) is 6.18 Å². The molecule has 0 saturated carbocycles. The summed E-state index contributed by atoms with van der Waals surface area (Å²) in [5, 5.41) is 10.4. The number of carbonyl (C=O) groups is 2. The van der Waals surface area contributed by atoms with Crippen molar-refractivity contribution >= 4 is 39.5 Å². The number of methoxy groups -OCH3 is 1. The summed E-state index contributed by atoms with van der Waals surface area (Å²) in [6, 6.07) is 3.02. The molecular weight excluding hydrogens is 324 g/mol. The van der Waals surface area contributed by atoms with E-state index in [9.17, 15) is 32.9 Å². The largest absolute Gasteiger partial charge is 0.471 e. The second-order valence-electron chi connectivity index (χ2n) is 3.84. The molecule has 0 atom stereocenters. The van der Waals surface area contributed by atoms with E-state index in [1.54, 1.807) is 0 Å². The highest BCUT2D eigenvalue weighted by Crippen LogP contribution is 2.34. The van der Waals surface area contributed by atoms with Gasteiger partial charge in [-0.2, -0.15) is 13.2 Å². The van der Waals surface area contributed by atoms with Crippen molar-refractivity contribution in [2.24, 2.45) is 0 Å². The Labute approximate surface area is 130 Å². The van der Waals surface area contributed by atoms with Crippen LogP contribution in [0.4, 0.5) is 24.5 Å². The lowest BCUT2D eigenvalue weighted by atomic mass is 10.1. The summed E-state index contributed by atoms with van der Waals surface area (Å²) in [5.74, 6) is -3.43. The SMILES string of the molecule is COC(=O)c1cccc([N+](=O)[O-])c1N([CH2][Al])C(=O)C(F)(F)F. The van der Waals surface area contributed by atoms with E-state index in [0.717, 1.165) is 25.3 Å². The maximum atomic E-state index is 12.6. The van der Waals surface area contributed by atoms with Crippen LogP contribution in [0.3, 0.4) is 0 Å². The van der Waals surface area contributed by atoms with Crippen molar-refractivity contribution in [1.29, 1.82) is 0 Å². The van der Waals surface area contributed by atoms with Crippen molar-refractivity contribution in [3.8, 4) is 0 Å². The number of esters is 1. The first kappa shape index (κ1) is 17.9. The lowest BCUT2D eigenvalue weighted by Gasteiger charge is -2.24. The normalized spacial score (nSPS) is 10.9. The van der Waals surface area contributed by atoms with Gasteiger partial charge in [0, 0.05) is 6.07 Å². The van der Waals surface area contributed by atoms with Gasteiger partial charge in [0.1, 0.15) is 5.69 Å². The first-order valence-corrected chi connectivity index (χ1v) is 6.41. The fourth-order valence-corrected chi connectivity index (χ4v) is 2.01. The van der Waals surface area contributed by atoms with Crippen LogP contribution in [-0.2, 0) is 9.53 Å². The van der Waals surface area contributed by atoms with Gasteiger partial charge >= 0.3 is 18.1 Å². The van der Waals surface area contributed by atoms with Gasteiger partial charge in [0.05, 0.1) is 17.6 Å². The van der Waals surface area contributed by atoms with Gasteiger partial charge in [-0.25, -0.2) is 4.79 Å². The van der Waals surface area contributed by atoms with Gasteiger partial charge in [0.25, 0.3) is 5.69 Å². The van der Waals surface area contributed by atoms with Gasteiger partial charge in [-0.15, -0.1) is 0 Å². The average Bonchev–Trinajstić information content (AvgIpc) is 2.45. The Morgan fingerprint density at radius 2 is 2.00 bits per heavy atom. The minimum atomic E-state index is -5.26. The number of hydrogen-bond donors (Lipinski definition) is 0. The highest BCUT2D eigenvalue weighted by atomic mass is 27.0. The molecule has 1 aromatic carbocycles. The number of ether oxygens (including phenoxy) is 1. The predicted octanol–water partition coefficient (Wildman–Crippen LogP) is 1.40. The number of nitrogens with zero attached hydrogens (tertiary/aromatic N) is 2. The molecule has 0 aliphatic carbocycles. The number of nitro benzene ring substituents is 1. The first-order valence-electron chi connectivity index (χ1n) is 5.59. The smallest absolute Gasteiger partial charge is 0.465 e. The number of benzene rings is 1. The highest BCUT2D eigenvalue weighted by Gasteiger charge is 2.44. The van der Waals surface area contributed by atoms with Gasteiger partial charge in [0.15, 0.2) is 16.3 Å². The Bertz CT molecular complexity index is 620. The summed E-state index contributed by atoms with van der Waals surface area (Å²) in [4.78, 5) is 33.2. The van der Waals surface area contributed by atoms with E-state index >= 15 is 0 Å². The van der Waals surface area contributed by atoms with Crippen molar-refractivity contribution in [3.63, 3.8) is 0 Å². The highest BCUT2D eigenvalue weighted by molar-refractivity contribution is 6.17. The lowest BCUT2D eigenvalue weighted by molar-refractivity contribution is -0.384. The molecule has 22 heavy (non-hydrogen) atoms. The summed E-state index contributed by atoms with van der Waals surface area (Å²) in [7, 11) is 0.960. The van der Waals surface area contributed by atoms with Crippen molar-refractivity contribution in [3.05, 3.63) is 33.9 Å². The second-order valence-corrected chi connectivity index (χ2v) is 4.20. The zero-order chi connectivity index (χ0) is 17.1. The summed E-state index contributed by atoms with van der Waals surface area (Å²) >= 11 is 1.85. The predicted molar refractivity (Wildman–Crippen MR) is 68.6 cm³/mol. The van der Waals surface area contributed by atoms with E-state index < -0.39 is 45.3 Å². The number of amides is 1. The molecule has 0 unspecified atom stereocenters. The number of hydrogen-bond acceptors (Lipinski definition) is 5. The second kappa shape index (κ2) is 6.76. The third-order valence-corrected chi connectivity index (χ3v) is 2.92. The molecule has 0 aliphatic rings. The van der Waals surface area contributed by atoms with Crippen LogP contribution in [0.1, 0.15) is 10.4 Å². The summed E-state index contributed by atoms with van der Waals surface area (Å²) in [6.07, 6.45) is -5.26. The molecular formula is C11H8AlF3N2O5. The fraction of sp³-hybridized carbons (Fsp3) is 0.273. The number of halogens is 3. The minimum absolute atomic E-state index is 0.0923. The maximum Gasteiger partial charge on any atom is 0.471 e. The van der Waals surface area contributed by atoms with E-state index in [0.29, 0.717) is 0 Å². The fourth-order valence-electron chi connectivity index (χ4n) is 1.67. The molecule has 0 saturated heterocycles. The van der Waals surface area contributed by atoms with Gasteiger partial charge in [-0.1, -0.05) is 6.07 Å².